The number of rotatable bonds is 8. The summed E-state index contributed by atoms with van der Waals surface area (Å²) in [6.45, 7) is 8.79. The minimum Gasteiger partial charge on any atom is -0.492 e. The highest BCUT2D eigenvalue weighted by atomic mass is 32.1. The Bertz CT molecular complexity index is 1120. The molecule has 0 bridgehead atoms. The van der Waals surface area contributed by atoms with Crippen LogP contribution in [-0.2, 0) is 6.42 Å². The van der Waals surface area contributed by atoms with Gasteiger partial charge in [0.15, 0.2) is 0 Å². The lowest BCUT2D eigenvalue weighted by Gasteiger charge is -2.43. The molecule has 182 valence electrons. The second kappa shape index (κ2) is 9.56. The zero-order valence-electron chi connectivity index (χ0n) is 20.3. The van der Waals surface area contributed by atoms with Crippen LogP contribution in [0.25, 0.3) is 10.1 Å². The SMILES string of the molecule is C[C@@H]1Cc2sc3ccccc3c2[C@H](c2ccc(OCCN3CC(CF)C3)cc2)N1CC(C)(C)F. The fraction of sp³-hybridized carbons (Fsp3) is 0.500. The lowest BCUT2D eigenvalue weighted by Crippen LogP contribution is -2.49. The summed E-state index contributed by atoms with van der Waals surface area (Å²) in [4.78, 5) is 5.97. The summed E-state index contributed by atoms with van der Waals surface area (Å²) in [6.07, 6.45) is 0.947. The maximum absolute atomic E-state index is 14.9. The van der Waals surface area contributed by atoms with E-state index in [1.165, 1.54) is 26.1 Å². The number of nitrogens with zero attached hydrogens (tertiary/aromatic N) is 2. The van der Waals surface area contributed by atoms with Crippen molar-refractivity contribution in [3.63, 3.8) is 0 Å². The minimum absolute atomic E-state index is 0.0118. The fourth-order valence-corrected chi connectivity index (χ4v) is 6.76. The van der Waals surface area contributed by atoms with Gasteiger partial charge in [-0.15, -0.1) is 11.3 Å². The predicted octanol–water partition coefficient (Wildman–Crippen LogP) is 6.27. The molecule has 3 nitrogen and oxygen atoms in total. The molecule has 0 N–H and O–H groups in total. The van der Waals surface area contributed by atoms with Crippen LogP contribution in [0, 0.1) is 5.92 Å². The summed E-state index contributed by atoms with van der Waals surface area (Å²) < 4.78 is 34.8. The topological polar surface area (TPSA) is 15.7 Å². The zero-order chi connectivity index (χ0) is 23.9. The number of fused-ring (bicyclic) bond motifs is 3. The van der Waals surface area contributed by atoms with Crippen molar-refractivity contribution in [2.45, 2.75) is 44.9 Å². The van der Waals surface area contributed by atoms with Crippen LogP contribution in [0.1, 0.15) is 42.8 Å². The Labute approximate surface area is 205 Å². The van der Waals surface area contributed by atoms with Gasteiger partial charge in [-0.2, -0.15) is 0 Å². The molecule has 1 fully saturated rings. The number of benzene rings is 2. The normalized spacial score (nSPS) is 22.0. The first-order valence-electron chi connectivity index (χ1n) is 12.3. The largest absolute Gasteiger partial charge is 0.492 e. The maximum atomic E-state index is 14.9. The number of ether oxygens (including phenoxy) is 1. The highest BCUT2D eigenvalue weighted by Crippen LogP contribution is 2.46. The van der Waals surface area contributed by atoms with Crippen molar-refractivity contribution in [3.05, 3.63) is 64.5 Å². The molecule has 34 heavy (non-hydrogen) atoms. The Morgan fingerprint density at radius 2 is 1.82 bits per heavy atom. The second-order valence-corrected chi connectivity index (χ2v) is 11.6. The molecule has 0 aliphatic carbocycles. The fourth-order valence-electron chi connectivity index (χ4n) is 5.41. The van der Waals surface area contributed by atoms with Gasteiger partial charge in [0, 0.05) is 47.7 Å². The molecule has 0 spiro atoms. The van der Waals surface area contributed by atoms with E-state index in [1.54, 1.807) is 13.8 Å². The summed E-state index contributed by atoms with van der Waals surface area (Å²) in [5.41, 5.74) is 1.22. The molecular formula is C28H34F2N2OS. The molecule has 6 heteroatoms. The first-order valence-corrected chi connectivity index (χ1v) is 13.1. The minimum atomic E-state index is -1.28. The molecule has 3 heterocycles. The lowest BCUT2D eigenvalue weighted by molar-refractivity contribution is 0.0666. The van der Waals surface area contributed by atoms with Gasteiger partial charge in [0.2, 0.25) is 0 Å². The van der Waals surface area contributed by atoms with E-state index in [9.17, 15) is 8.78 Å². The molecule has 0 unspecified atom stereocenters. The number of hydrogen-bond donors (Lipinski definition) is 0. The van der Waals surface area contributed by atoms with Gasteiger partial charge in [-0.05, 0) is 61.9 Å². The highest BCUT2D eigenvalue weighted by Gasteiger charge is 2.38. The van der Waals surface area contributed by atoms with Crippen LogP contribution in [0.4, 0.5) is 8.78 Å². The number of halogens is 2. The van der Waals surface area contributed by atoms with Crippen LogP contribution in [0.15, 0.2) is 48.5 Å². The smallest absolute Gasteiger partial charge is 0.119 e. The average molecular weight is 485 g/mol. The van der Waals surface area contributed by atoms with Crippen LogP contribution in [0.3, 0.4) is 0 Å². The Hall–Kier alpha value is -2.02. The molecule has 2 atom stereocenters. The molecule has 1 saturated heterocycles. The van der Waals surface area contributed by atoms with Crippen molar-refractivity contribution >= 4 is 21.4 Å². The maximum Gasteiger partial charge on any atom is 0.119 e. The summed E-state index contributed by atoms with van der Waals surface area (Å²) >= 11 is 1.87. The van der Waals surface area contributed by atoms with E-state index in [1.807, 2.05) is 23.5 Å². The molecule has 5 rings (SSSR count). The predicted molar refractivity (Wildman–Crippen MR) is 137 cm³/mol. The lowest BCUT2D eigenvalue weighted by atomic mass is 9.87. The molecular weight excluding hydrogens is 450 g/mol. The monoisotopic (exact) mass is 484 g/mol. The van der Waals surface area contributed by atoms with E-state index in [0.29, 0.717) is 13.2 Å². The van der Waals surface area contributed by atoms with Crippen LogP contribution in [0.2, 0.25) is 0 Å². The molecule has 2 aliphatic rings. The Kier molecular flexibility index (Phi) is 6.66. The van der Waals surface area contributed by atoms with E-state index in [0.717, 1.165) is 31.8 Å². The van der Waals surface area contributed by atoms with Gasteiger partial charge in [0.25, 0.3) is 0 Å². The number of likely N-dealkylation sites (tertiary alicyclic amines) is 1. The van der Waals surface area contributed by atoms with Crippen LogP contribution < -0.4 is 4.74 Å². The molecule has 3 aromatic rings. The van der Waals surface area contributed by atoms with Gasteiger partial charge in [-0.3, -0.25) is 14.2 Å². The zero-order valence-corrected chi connectivity index (χ0v) is 21.1. The van der Waals surface area contributed by atoms with Crippen molar-refractivity contribution in [2.24, 2.45) is 5.92 Å². The van der Waals surface area contributed by atoms with Crippen molar-refractivity contribution in [1.29, 1.82) is 0 Å². The van der Waals surface area contributed by atoms with Gasteiger partial charge in [-0.25, -0.2) is 4.39 Å². The van der Waals surface area contributed by atoms with Crippen molar-refractivity contribution in [3.8, 4) is 5.75 Å². The molecule has 0 saturated carbocycles. The third-order valence-electron chi connectivity index (χ3n) is 7.04. The molecule has 1 aromatic heterocycles. The Balaban J connectivity index is 1.39. The summed E-state index contributed by atoms with van der Waals surface area (Å²) in [5, 5.41) is 1.28. The van der Waals surface area contributed by atoms with Crippen LogP contribution >= 0.6 is 11.3 Å². The highest BCUT2D eigenvalue weighted by molar-refractivity contribution is 7.19. The third-order valence-corrected chi connectivity index (χ3v) is 8.25. The van der Waals surface area contributed by atoms with Crippen LogP contribution in [-0.4, -0.2) is 61.0 Å². The third kappa shape index (κ3) is 4.86. The molecule has 0 radical (unpaired) electrons. The quantitative estimate of drug-likeness (QED) is 0.375. The van der Waals surface area contributed by atoms with Gasteiger partial charge in [0.05, 0.1) is 12.7 Å². The first-order chi connectivity index (χ1) is 16.3. The van der Waals surface area contributed by atoms with E-state index in [-0.39, 0.29) is 24.7 Å². The van der Waals surface area contributed by atoms with Crippen molar-refractivity contribution < 1.29 is 13.5 Å². The van der Waals surface area contributed by atoms with Gasteiger partial charge >= 0.3 is 0 Å². The average Bonchev–Trinajstić information content (AvgIpc) is 3.13. The van der Waals surface area contributed by atoms with Crippen LogP contribution in [0.5, 0.6) is 5.75 Å². The Morgan fingerprint density at radius 1 is 1.09 bits per heavy atom. The van der Waals surface area contributed by atoms with Gasteiger partial charge in [-0.1, -0.05) is 30.3 Å². The Morgan fingerprint density at radius 3 is 2.53 bits per heavy atom. The standard InChI is InChI=1S/C28H34F2N2OS/c1-19-14-25-26(23-6-4-5-7-24(23)34-25)27(32(19)18-28(2,3)30)21-8-10-22(11-9-21)33-13-12-31-16-20(15-29)17-31/h4-11,19-20,27H,12-18H2,1-3H3/t19-,27+/m1/s1. The van der Waals surface area contributed by atoms with E-state index >= 15 is 0 Å². The van der Waals surface area contributed by atoms with Crippen molar-refractivity contribution in [2.75, 3.05) is 39.5 Å². The number of hydrogen-bond acceptors (Lipinski definition) is 4. The summed E-state index contributed by atoms with van der Waals surface area (Å²) in [6, 6.07) is 17.2. The second-order valence-electron chi connectivity index (χ2n) is 10.5. The summed E-state index contributed by atoms with van der Waals surface area (Å²) in [5.74, 6) is 1.04. The van der Waals surface area contributed by atoms with E-state index in [2.05, 4.69) is 53.1 Å². The molecule has 2 aromatic carbocycles. The number of alkyl halides is 2. The van der Waals surface area contributed by atoms with Crippen molar-refractivity contribution in [1.82, 2.24) is 9.80 Å². The molecule has 2 aliphatic heterocycles. The first kappa shape index (κ1) is 23.7. The number of thiophene rings is 1. The van der Waals surface area contributed by atoms with Gasteiger partial charge < -0.3 is 4.74 Å². The molecule has 0 amide bonds. The van der Waals surface area contributed by atoms with E-state index in [4.69, 9.17) is 4.74 Å². The van der Waals surface area contributed by atoms with E-state index < -0.39 is 5.67 Å². The van der Waals surface area contributed by atoms with Gasteiger partial charge in [0.1, 0.15) is 18.0 Å². The summed E-state index contributed by atoms with van der Waals surface area (Å²) in [7, 11) is 0.